The molecule has 0 aromatic carbocycles. The number of halogens is 2. The Kier molecular flexibility index (Phi) is 5.97. The van der Waals surface area contributed by atoms with Crippen molar-refractivity contribution in [3.63, 3.8) is 0 Å². The third-order valence-corrected chi connectivity index (χ3v) is 5.43. The molecule has 28 heavy (non-hydrogen) atoms. The number of aryl methyl sites for hydroxylation is 1. The Morgan fingerprint density at radius 1 is 1.29 bits per heavy atom. The lowest BCUT2D eigenvalue weighted by molar-refractivity contribution is -0.615. The molecule has 0 saturated heterocycles. The first-order valence-corrected chi connectivity index (χ1v) is 9.77. The number of hydrogen-bond donors (Lipinski definition) is 1. The number of pyridine rings is 1. The molecule has 0 amide bonds. The van der Waals surface area contributed by atoms with Gasteiger partial charge in [-0.05, 0) is 20.3 Å². The normalized spacial score (nSPS) is 10.9. The van der Waals surface area contributed by atoms with Gasteiger partial charge in [-0.3, -0.25) is 0 Å². The highest BCUT2D eigenvalue weighted by Crippen LogP contribution is 2.28. The van der Waals surface area contributed by atoms with E-state index in [2.05, 4.69) is 28.7 Å². The van der Waals surface area contributed by atoms with Gasteiger partial charge in [0.15, 0.2) is 6.20 Å². The van der Waals surface area contributed by atoms with Gasteiger partial charge >= 0.3 is 0 Å². The number of anilines is 1. The van der Waals surface area contributed by atoms with Gasteiger partial charge < -0.3 is 15.5 Å². The van der Waals surface area contributed by atoms with Crippen LogP contribution in [0.1, 0.15) is 48.6 Å². The number of fused-ring (bicyclic) bond motifs is 1. The van der Waals surface area contributed by atoms with Crippen LogP contribution >= 0.6 is 23.2 Å². The highest BCUT2D eigenvalue weighted by molar-refractivity contribution is 6.34. The van der Waals surface area contributed by atoms with Gasteiger partial charge in [-0.15, -0.1) is 0 Å². The predicted octanol–water partition coefficient (Wildman–Crippen LogP) is 4.16. The van der Waals surface area contributed by atoms with E-state index in [1.54, 1.807) is 6.92 Å². The maximum absolute atomic E-state index is 12.5. The second-order valence-corrected chi connectivity index (χ2v) is 7.41. The van der Waals surface area contributed by atoms with Crippen molar-refractivity contribution in [1.29, 1.82) is 0 Å². The molecule has 3 aromatic heterocycles. The predicted molar refractivity (Wildman–Crippen MR) is 112 cm³/mol. The largest absolute Gasteiger partial charge is 0.618 e. The number of nitrogen functional groups attached to an aromatic ring is 1. The Morgan fingerprint density at radius 2 is 2.04 bits per heavy atom. The minimum atomic E-state index is 0.0657. The Labute approximate surface area is 173 Å². The van der Waals surface area contributed by atoms with Crippen molar-refractivity contribution in [2.45, 2.75) is 46.6 Å². The summed E-state index contributed by atoms with van der Waals surface area (Å²) in [7, 11) is 0. The summed E-state index contributed by atoms with van der Waals surface area (Å²) in [5.41, 5.74) is 9.02. The van der Waals surface area contributed by atoms with E-state index in [0.29, 0.717) is 27.3 Å². The molecule has 0 aliphatic rings. The molecule has 3 rings (SSSR count). The molecule has 0 radical (unpaired) electrons. The monoisotopic (exact) mass is 417 g/mol. The zero-order chi connectivity index (χ0) is 20.4. The second-order valence-electron chi connectivity index (χ2n) is 6.67. The van der Waals surface area contributed by atoms with E-state index in [1.165, 1.54) is 6.20 Å². The molecule has 146 valence electrons. The summed E-state index contributed by atoms with van der Waals surface area (Å²) in [6.07, 6.45) is 6.20. The summed E-state index contributed by atoms with van der Waals surface area (Å²) in [6, 6.07) is 0. The SMILES string of the molecule is CCCCC#Cc1cn(Cc2c(C)c(Cl)c(C)c[n+]2[O-])c2nc(N)nc(Cl)c12. The van der Waals surface area contributed by atoms with Gasteiger partial charge in [0.2, 0.25) is 11.6 Å². The quantitative estimate of drug-likeness (QED) is 0.227. The third-order valence-electron chi connectivity index (χ3n) is 4.57. The van der Waals surface area contributed by atoms with Crippen molar-refractivity contribution in [1.82, 2.24) is 14.5 Å². The van der Waals surface area contributed by atoms with Gasteiger partial charge in [-0.2, -0.15) is 9.71 Å². The minimum Gasteiger partial charge on any atom is -0.618 e. The van der Waals surface area contributed by atoms with Crippen LogP contribution in [0.25, 0.3) is 11.0 Å². The Bertz CT molecular complexity index is 1110. The first-order valence-electron chi connectivity index (χ1n) is 9.02. The molecule has 3 heterocycles. The number of unbranched alkanes of at least 4 members (excludes halogenated alkanes) is 2. The summed E-state index contributed by atoms with van der Waals surface area (Å²) in [6.45, 7) is 6.01. The Morgan fingerprint density at radius 3 is 2.75 bits per heavy atom. The maximum atomic E-state index is 12.5. The van der Waals surface area contributed by atoms with Crippen molar-refractivity contribution in [3.8, 4) is 11.8 Å². The van der Waals surface area contributed by atoms with Gasteiger partial charge in [0, 0.05) is 23.7 Å². The van der Waals surface area contributed by atoms with Gasteiger partial charge in [0.25, 0.3) is 0 Å². The zero-order valence-electron chi connectivity index (χ0n) is 16.0. The minimum absolute atomic E-state index is 0.0657. The molecule has 0 aliphatic heterocycles. The summed E-state index contributed by atoms with van der Waals surface area (Å²) < 4.78 is 2.65. The van der Waals surface area contributed by atoms with Crippen LogP contribution in [0, 0.1) is 30.9 Å². The molecule has 0 atom stereocenters. The fraction of sp³-hybridized carbons (Fsp3) is 0.350. The fourth-order valence-corrected chi connectivity index (χ4v) is 3.48. The smallest absolute Gasteiger partial charge is 0.223 e. The lowest BCUT2D eigenvalue weighted by Crippen LogP contribution is -2.34. The molecular weight excluding hydrogens is 397 g/mol. The van der Waals surface area contributed by atoms with E-state index in [9.17, 15) is 5.21 Å². The first kappa shape index (κ1) is 20.2. The van der Waals surface area contributed by atoms with E-state index in [-0.39, 0.29) is 17.6 Å². The van der Waals surface area contributed by atoms with Crippen molar-refractivity contribution in [3.05, 3.63) is 50.2 Å². The van der Waals surface area contributed by atoms with E-state index in [0.717, 1.165) is 35.1 Å². The number of nitrogens with two attached hydrogens (primary N) is 1. The summed E-state index contributed by atoms with van der Waals surface area (Å²) in [4.78, 5) is 8.38. The Hall–Kier alpha value is -2.49. The molecule has 8 heteroatoms. The van der Waals surface area contributed by atoms with Crippen molar-refractivity contribution >= 4 is 40.2 Å². The van der Waals surface area contributed by atoms with Crippen LogP contribution in [0.4, 0.5) is 5.95 Å². The molecule has 2 N–H and O–H groups in total. The van der Waals surface area contributed by atoms with E-state index >= 15 is 0 Å². The molecule has 0 aliphatic carbocycles. The van der Waals surface area contributed by atoms with Gasteiger partial charge in [-0.25, -0.2) is 4.98 Å². The van der Waals surface area contributed by atoms with Crippen molar-refractivity contribution < 1.29 is 4.73 Å². The fourth-order valence-electron chi connectivity index (χ4n) is 3.05. The first-order chi connectivity index (χ1) is 13.3. The highest BCUT2D eigenvalue weighted by atomic mass is 35.5. The van der Waals surface area contributed by atoms with E-state index in [4.69, 9.17) is 28.9 Å². The standard InChI is InChI=1S/C20H21Cl2N5O/c1-4-5-6-7-8-14-10-26(19-16(14)18(22)24-20(23)25-19)11-15-13(3)17(21)12(2)9-27(15)28/h9-10H,4-6,11H2,1-3H3,(H2,23,24,25). The van der Waals surface area contributed by atoms with Crippen LogP contribution in [0.2, 0.25) is 10.2 Å². The highest BCUT2D eigenvalue weighted by Gasteiger charge is 2.20. The van der Waals surface area contributed by atoms with Gasteiger partial charge in [0.05, 0.1) is 16.0 Å². The van der Waals surface area contributed by atoms with Gasteiger partial charge in [-0.1, -0.05) is 48.4 Å². The summed E-state index contributed by atoms with van der Waals surface area (Å²) in [5, 5.41) is 13.9. The second kappa shape index (κ2) is 8.26. The molecule has 6 nitrogen and oxygen atoms in total. The lowest BCUT2D eigenvalue weighted by atomic mass is 10.1. The average molecular weight is 418 g/mol. The van der Waals surface area contributed by atoms with E-state index in [1.807, 2.05) is 17.7 Å². The molecule has 0 saturated carbocycles. The molecule has 0 fully saturated rings. The molecule has 0 spiro atoms. The number of rotatable bonds is 4. The summed E-state index contributed by atoms with van der Waals surface area (Å²) >= 11 is 12.7. The van der Waals surface area contributed by atoms with Crippen molar-refractivity contribution in [2.75, 3.05) is 5.73 Å². The number of hydrogen-bond acceptors (Lipinski definition) is 4. The molecule has 3 aromatic rings. The topological polar surface area (TPSA) is 83.7 Å². The maximum Gasteiger partial charge on any atom is 0.223 e. The number of nitrogens with zero attached hydrogens (tertiary/aromatic N) is 4. The zero-order valence-corrected chi connectivity index (χ0v) is 17.5. The lowest BCUT2D eigenvalue weighted by Gasteiger charge is -2.12. The van der Waals surface area contributed by atoms with Crippen LogP contribution < -0.4 is 10.5 Å². The molecule has 0 unspecified atom stereocenters. The van der Waals surface area contributed by atoms with Crippen LogP contribution in [0.15, 0.2) is 12.4 Å². The van der Waals surface area contributed by atoms with Crippen LogP contribution in [0.3, 0.4) is 0 Å². The van der Waals surface area contributed by atoms with Crippen LogP contribution in [-0.4, -0.2) is 14.5 Å². The van der Waals surface area contributed by atoms with Crippen LogP contribution in [-0.2, 0) is 6.54 Å². The van der Waals surface area contributed by atoms with E-state index < -0.39 is 0 Å². The van der Waals surface area contributed by atoms with Crippen molar-refractivity contribution in [2.24, 2.45) is 0 Å². The van der Waals surface area contributed by atoms with Gasteiger partial charge in [0.1, 0.15) is 17.3 Å². The average Bonchev–Trinajstić information content (AvgIpc) is 2.98. The number of aromatic nitrogens is 4. The molecule has 0 bridgehead atoms. The van der Waals surface area contributed by atoms with Crippen LogP contribution in [0.5, 0.6) is 0 Å². The molecular formula is C20H21Cl2N5O. The Balaban J connectivity index is 2.14. The summed E-state index contributed by atoms with van der Waals surface area (Å²) in [5.74, 6) is 6.37. The third kappa shape index (κ3) is 3.87.